The maximum atomic E-state index is 13.2. The van der Waals surface area contributed by atoms with Gasteiger partial charge in [-0.3, -0.25) is 14.6 Å². The molecule has 2 heterocycles. The normalized spacial score (nSPS) is 14.8. The summed E-state index contributed by atoms with van der Waals surface area (Å²) in [5.74, 6) is -0.0504. The number of fused-ring (bicyclic) bond motifs is 1. The minimum atomic E-state index is -0.285. The number of aromatic nitrogens is 1. The van der Waals surface area contributed by atoms with Crippen molar-refractivity contribution < 1.29 is 13.9 Å². The van der Waals surface area contributed by atoms with E-state index in [1.165, 1.54) is 35.2 Å². The molecule has 9 heteroatoms. The molecular weight excluding hydrogens is 457 g/mol. The Bertz CT molecular complexity index is 1030. The van der Waals surface area contributed by atoms with E-state index in [9.17, 15) is 9.18 Å². The molecule has 1 amide bonds. The molecule has 3 aromatic rings. The summed E-state index contributed by atoms with van der Waals surface area (Å²) in [5.41, 5.74) is 0.723. The molecule has 0 aliphatic carbocycles. The first-order valence-electron chi connectivity index (χ1n) is 10.1. The molecule has 0 unspecified atom stereocenters. The van der Waals surface area contributed by atoms with E-state index in [1.54, 1.807) is 17.0 Å². The van der Waals surface area contributed by atoms with Crippen LogP contribution in [0.4, 0.5) is 9.52 Å². The Morgan fingerprint density at radius 2 is 2.00 bits per heavy atom. The minimum absolute atomic E-state index is 0.0218. The monoisotopic (exact) mass is 479 g/mol. The van der Waals surface area contributed by atoms with E-state index in [1.807, 2.05) is 18.2 Å². The van der Waals surface area contributed by atoms with E-state index >= 15 is 0 Å². The van der Waals surface area contributed by atoms with Gasteiger partial charge in [0, 0.05) is 31.1 Å². The SMILES string of the molecule is O=C(CSc1ccc(F)cc1)N(CCCN1CCOCC1)c1nc2c(Cl)cccc2s1. The Kier molecular flexibility index (Phi) is 7.79. The predicted octanol–water partition coefficient (Wildman–Crippen LogP) is 4.94. The van der Waals surface area contributed by atoms with Gasteiger partial charge in [-0.25, -0.2) is 9.37 Å². The zero-order valence-electron chi connectivity index (χ0n) is 16.9. The van der Waals surface area contributed by atoms with E-state index < -0.39 is 0 Å². The Balaban J connectivity index is 1.47. The zero-order valence-corrected chi connectivity index (χ0v) is 19.3. The fourth-order valence-corrected chi connectivity index (χ4v) is 5.46. The van der Waals surface area contributed by atoms with Crippen LogP contribution < -0.4 is 4.90 Å². The Morgan fingerprint density at radius 3 is 2.74 bits per heavy atom. The molecular formula is C22H23ClFN3O2S2. The third-order valence-electron chi connectivity index (χ3n) is 5.03. The lowest BCUT2D eigenvalue weighted by atomic mass is 10.3. The smallest absolute Gasteiger partial charge is 0.239 e. The first-order chi connectivity index (χ1) is 15.1. The van der Waals surface area contributed by atoms with E-state index in [2.05, 4.69) is 9.88 Å². The summed E-state index contributed by atoms with van der Waals surface area (Å²) in [4.78, 5) is 22.8. The van der Waals surface area contributed by atoms with Crippen molar-refractivity contribution in [3.8, 4) is 0 Å². The number of ether oxygens (including phenoxy) is 1. The van der Waals surface area contributed by atoms with Gasteiger partial charge in [0.2, 0.25) is 5.91 Å². The van der Waals surface area contributed by atoms with Crippen molar-refractivity contribution in [1.82, 2.24) is 9.88 Å². The minimum Gasteiger partial charge on any atom is -0.379 e. The van der Waals surface area contributed by atoms with E-state index in [-0.39, 0.29) is 17.5 Å². The second-order valence-electron chi connectivity index (χ2n) is 7.18. The fraction of sp³-hybridized carbons (Fsp3) is 0.364. The largest absolute Gasteiger partial charge is 0.379 e. The van der Waals surface area contributed by atoms with Gasteiger partial charge >= 0.3 is 0 Å². The van der Waals surface area contributed by atoms with Crippen LogP contribution in [0.15, 0.2) is 47.4 Å². The second-order valence-corrected chi connectivity index (χ2v) is 9.64. The molecule has 31 heavy (non-hydrogen) atoms. The summed E-state index contributed by atoms with van der Waals surface area (Å²) in [5, 5.41) is 1.25. The van der Waals surface area contributed by atoms with Crippen LogP contribution >= 0.6 is 34.7 Å². The van der Waals surface area contributed by atoms with Crippen molar-refractivity contribution in [3.05, 3.63) is 53.3 Å². The zero-order chi connectivity index (χ0) is 21.6. The Labute approximate surface area is 194 Å². The van der Waals surface area contributed by atoms with Gasteiger partial charge in [-0.15, -0.1) is 11.8 Å². The number of benzene rings is 2. The van der Waals surface area contributed by atoms with E-state index in [0.717, 1.165) is 54.4 Å². The molecule has 1 aromatic heterocycles. The molecule has 0 atom stereocenters. The van der Waals surface area contributed by atoms with Crippen molar-refractivity contribution in [1.29, 1.82) is 0 Å². The van der Waals surface area contributed by atoms with Crippen molar-refractivity contribution in [2.24, 2.45) is 0 Å². The number of thiazole rings is 1. The van der Waals surface area contributed by atoms with Gasteiger partial charge in [-0.2, -0.15) is 0 Å². The van der Waals surface area contributed by atoms with Gasteiger partial charge in [0.05, 0.1) is 28.7 Å². The van der Waals surface area contributed by atoms with Crippen LogP contribution in [0.2, 0.25) is 5.02 Å². The number of halogens is 2. The number of thioether (sulfide) groups is 1. The summed E-state index contributed by atoms with van der Waals surface area (Å²) >= 11 is 9.17. The lowest BCUT2D eigenvalue weighted by molar-refractivity contribution is -0.116. The van der Waals surface area contributed by atoms with Gasteiger partial charge < -0.3 is 4.74 Å². The molecule has 1 saturated heterocycles. The first kappa shape index (κ1) is 22.5. The highest BCUT2D eigenvalue weighted by molar-refractivity contribution is 8.00. The van der Waals surface area contributed by atoms with Gasteiger partial charge in [0.15, 0.2) is 5.13 Å². The van der Waals surface area contributed by atoms with Crippen molar-refractivity contribution >= 4 is 56.0 Å². The third-order valence-corrected chi connectivity index (χ3v) is 7.37. The molecule has 0 bridgehead atoms. The highest BCUT2D eigenvalue weighted by atomic mass is 35.5. The number of morpholine rings is 1. The molecule has 0 saturated carbocycles. The maximum absolute atomic E-state index is 13.2. The van der Waals surface area contributed by atoms with Crippen LogP contribution in [-0.2, 0) is 9.53 Å². The number of hydrogen-bond donors (Lipinski definition) is 0. The lowest BCUT2D eigenvalue weighted by Crippen LogP contribution is -2.39. The van der Waals surface area contributed by atoms with Gasteiger partial charge in [-0.1, -0.05) is 29.0 Å². The number of carbonyl (C=O) groups excluding carboxylic acids is 1. The molecule has 4 rings (SSSR count). The highest BCUT2D eigenvalue weighted by Gasteiger charge is 2.21. The summed E-state index contributed by atoms with van der Waals surface area (Å²) in [6.07, 6.45) is 0.844. The van der Waals surface area contributed by atoms with Crippen LogP contribution in [0.5, 0.6) is 0 Å². The van der Waals surface area contributed by atoms with Crippen LogP contribution in [0.1, 0.15) is 6.42 Å². The standard InChI is InChI=1S/C22H23ClFN3O2S2/c23-18-3-1-4-19-21(18)25-22(31-19)27(10-2-9-26-11-13-29-14-12-26)20(28)15-30-17-7-5-16(24)6-8-17/h1,3-8H,2,9-15H2. The Hall–Kier alpha value is -1.71. The van der Waals surface area contributed by atoms with Gasteiger partial charge in [0.25, 0.3) is 0 Å². The Morgan fingerprint density at radius 1 is 1.23 bits per heavy atom. The summed E-state index contributed by atoms with van der Waals surface area (Å²) in [7, 11) is 0. The number of rotatable bonds is 8. The average molecular weight is 480 g/mol. The third kappa shape index (κ3) is 5.96. The number of carbonyl (C=O) groups is 1. The predicted molar refractivity (Wildman–Crippen MR) is 126 cm³/mol. The maximum Gasteiger partial charge on any atom is 0.239 e. The lowest BCUT2D eigenvalue weighted by Gasteiger charge is -2.27. The number of anilines is 1. The molecule has 164 valence electrons. The van der Waals surface area contributed by atoms with Crippen LogP contribution in [-0.4, -0.2) is 60.9 Å². The molecule has 2 aromatic carbocycles. The number of hydrogen-bond acceptors (Lipinski definition) is 6. The molecule has 5 nitrogen and oxygen atoms in total. The molecule has 1 aliphatic rings. The number of para-hydroxylation sites is 1. The van der Waals surface area contributed by atoms with Crippen LogP contribution in [0.3, 0.4) is 0 Å². The summed E-state index contributed by atoms with van der Waals surface area (Å²) in [6.45, 7) is 4.85. The van der Waals surface area contributed by atoms with Gasteiger partial charge in [-0.05, 0) is 42.8 Å². The number of amides is 1. The van der Waals surface area contributed by atoms with Crippen molar-refractivity contribution in [2.45, 2.75) is 11.3 Å². The molecule has 1 aliphatic heterocycles. The summed E-state index contributed by atoms with van der Waals surface area (Å²) in [6, 6.07) is 11.8. The molecule has 0 N–H and O–H groups in total. The number of nitrogens with zero attached hydrogens (tertiary/aromatic N) is 3. The second kappa shape index (κ2) is 10.7. The average Bonchev–Trinajstić information content (AvgIpc) is 3.22. The first-order valence-corrected chi connectivity index (χ1v) is 12.3. The molecule has 0 spiro atoms. The van der Waals surface area contributed by atoms with Crippen molar-refractivity contribution in [2.75, 3.05) is 50.0 Å². The van der Waals surface area contributed by atoms with Crippen LogP contribution in [0.25, 0.3) is 10.2 Å². The molecule has 1 fully saturated rings. The van der Waals surface area contributed by atoms with Crippen LogP contribution in [0, 0.1) is 5.82 Å². The summed E-state index contributed by atoms with van der Waals surface area (Å²) < 4.78 is 19.5. The van der Waals surface area contributed by atoms with Crippen molar-refractivity contribution in [3.63, 3.8) is 0 Å². The highest BCUT2D eigenvalue weighted by Crippen LogP contribution is 2.33. The van der Waals surface area contributed by atoms with E-state index in [0.29, 0.717) is 16.7 Å². The van der Waals surface area contributed by atoms with E-state index in [4.69, 9.17) is 16.3 Å². The fourth-order valence-electron chi connectivity index (χ4n) is 3.38. The van der Waals surface area contributed by atoms with Gasteiger partial charge in [0.1, 0.15) is 11.3 Å². The topological polar surface area (TPSA) is 45.7 Å². The quantitative estimate of drug-likeness (QED) is 0.428. The molecule has 0 radical (unpaired) electrons.